The van der Waals surface area contributed by atoms with Gasteiger partial charge >= 0.3 is 7.60 Å². The Labute approximate surface area is 109 Å². The van der Waals surface area contributed by atoms with Crippen molar-refractivity contribution in [2.75, 3.05) is 6.35 Å². The third-order valence-corrected chi connectivity index (χ3v) is 4.84. The van der Waals surface area contributed by atoms with Gasteiger partial charge in [0.05, 0.1) is 30.5 Å². The predicted octanol–water partition coefficient (Wildman–Crippen LogP) is 2.93. The van der Waals surface area contributed by atoms with E-state index in [-0.39, 0.29) is 24.7 Å². The van der Waals surface area contributed by atoms with Crippen molar-refractivity contribution >= 4 is 7.60 Å². The number of epoxide rings is 1. The smallest absolute Gasteiger partial charge is 0.356 e. The molecule has 1 aliphatic carbocycles. The minimum absolute atomic E-state index is 0.0352. The number of fused-ring (bicyclic) bond motifs is 1. The summed E-state index contributed by atoms with van der Waals surface area (Å²) in [5.74, 6) is 0. The average Bonchev–Trinajstić information content (AvgIpc) is 2.81. The molecule has 0 N–H and O–H groups in total. The summed E-state index contributed by atoms with van der Waals surface area (Å²) >= 11 is 0. The molecule has 3 atom stereocenters. The topological polar surface area (TPSA) is 57.3 Å². The minimum Gasteiger partial charge on any atom is -0.369 e. The highest BCUT2D eigenvalue weighted by Crippen LogP contribution is 2.51. The first kappa shape index (κ1) is 14.5. The molecule has 0 unspecified atom stereocenters. The third kappa shape index (κ3) is 4.04. The van der Waals surface area contributed by atoms with E-state index in [1.54, 1.807) is 0 Å². The van der Waals surface area contributed by atoms with Gasteiger partial charge in [-0.2, -0.15) is 0 Å². The Hall–Kier alpha value is 0.0700. The first-order valence-electron chi connectivity index (χ1n) is 6.61. The van der Waals surface area contributed by atoms with Crippen molar-refractivity contribution in [2.45, 2.75) is 71.1 Å². The van der Waals surface area contributed by atoms with Crippen LogP contribution in [0, 0.1) is 0 Å². The number of hydrogen-bond acceptors (Lipinski definition) is 5. The van der Waals surface area contributed by atoms with Crippen LogP contribution in [-0.4, -0.2) is 36.9 Å². The van der Waals surface area contributed by atoms with E-state index < -0.39 is 7.60 Å². The first-order chi connectivity index (χ1) is 8.38. The van der Waals surface area contributed by atoms with Gasteiger partial charge in [0.25, 0.3) is 0 Å². The maximum absolute atomic E-state index is 12.5. The second-order valence-corrected chi connectivity index (χ2v) is 7.42. The fourth-order valence-corrected chi connectivity index (χ4v) is 4.12. The number of hydrogen-bond donors (Lipinski definition) is 0. The molecule has 0 aromatic heterocycles. The van der Waals surface area contributed by atoms with Crippen molar-refractivity contribution < 1.29 is 23.1 Å². The second kappa shape index (κ2) is 5.59. The highest BCUT2D eigenvalue weighted by atomic mass is 31.2. The molecule has 1 saturated carbocycles. The normalized spacial score (nSPS) is 31.1. The zero-order chi connectivity index (χ0) is 13.3. The Morgan fingerprint density at radius 2 is 1.61 bits per heavy atom. The molecule has 2 rings (SSSR count). The van der Waals surface area contributed by atoms with Gasteiger partial charge in [-0.05, 0) is 27.7 Å². The SMILES string of the molecule is CC(C)OP(=O)(CO[C@H]1C[C@@H]2O[C@@H]2C1)OC(C)C. The lowest BCUT2D eigenvalue weighted by atomic mass is 10.3. The molecule has 6 heteroatoms. The van der Waals surface area contributed by atoms with E-state index in [4.69, 9.17) is 18.5 Å². The van der Waals surface area contributed by atoms with Crippen molar-refractivity contribution in [3.63, 3.8) is 0 Å². The van der Waals surface area contributed by atoms with Gasteiger partial charge in [-0.3, -0.25) is 4.57 Å². The molecule has 106 valence electrons. The van der Waals surface area contributed by atoms with Gasteiger partial charge in [0, 0.05) is 12.8 Å². The van der Waals surface area contributed by atoms with Crippen LogP contribution in [0.2, 0.25) is 0 Å². The summed E-state index contributed by atoms with van der Waals surface area (Å²) in [5, 5.41) is 0. The van der Waals surface area contributed by atoms with Gasteiger partial charge in [0.2, 0.25) is 0 Å². The van der Waals surface area contributed by atoms with Crippen LogP contribution in [0.15, 0.2) is 0 Å². The van der Waals surface area contributed by atoms with Gasteiger partial charge < -0.3 is 18.5 Å². The second-order valence-electron chi connectivity index (χ2n) is 5.52. The van der Waals surface area contributed by atoms with E-state index in [0.29, 0.717) is 12.2 Å². The molecule has 18 heavy (non-hydrogen) atoms. The van der Waals surface area contributed by atoms with E-state index in [2.05, 4.69) is 0 Å². The van der Waals surface area contributed by atoms with E-state index in [9.17, 15) is 4.57 Å². The Kier molecular flexibility index (Phi) is 4.50. The van der Waals surface area contributed by atoms with E-state index in [1.165, 1.54) is 0 Å². The predicted molar refractivity (Wildman–Crippen MR) is 67.7 cm³/mol. The fourth-order valence-electron chi connectivity index (χ4n) is 2.27. The maximum Gasteiger partial charge on any atom is 0.356 e. The summed E-state index contributed by atoms with van der Waals surface area (Å²) in [5.41, 5.74) is 0. The van der Waals surface area contributed by atoms with E-state index in [1.807, 2.05) is 27.7 Å². The molecular weight excluding hydrogens is 255 g/mol. The molecule has 0 spiro atoms. The molecule has 0 radical (unpaired) electrons. The molecule has 0 aromatic carbocycles. The van der Waals surface area contributed by atoms with E-state index in [0.717, 1.165) is 12.8 Å². The molecule has 2 fully saturated rings. The summed E-state index contributed by atoms with van der Waals surface area (Å²) < 4.78 is 34.3. The summed E-state index contributed by atoms with van der Waals surface area (Å²) in [6.07, 6.45) is 2.42. The van der Waals surface area contributed by atoms with Crippen LogP contribution < -0.4 is 0 Å². The molecular formula is C12H23O5P. The summed E-state index contributed by atoms with van der Waals surface area (Å²) in [6.45, 7) is 7.37. The minimum atomic E-state index is -3.15. The molecule has 1 saturated heterocycles. The van der Waals surface area contributed by atoms with E-state index >= 15 is 0 Å². The lowest BCUT2D eigenvalue weighted by molar-refractivity contribution is 0.0376. The van der Waals surface area contributed by atoms with Crippen molar-refractivity contribution in [1.29, 1.82) is 0 Å². The molecule has 2 aliphatic rings. The first-order valence-corrected chi connectivity index (χ1v) is 8.33. The summed E-state index contributed by atoms with van der Waals surface area (Å²) in [4.78, 5) is 0. The van der Waals surface area contributed by atoms with Crippen LogP contribution in [0.4, 0.5) is 0 Å². The van der Waals surface area contributed by atoms with Gasteiger partial charge in [0.1, 0.15) is 6.35 Å². The lowest BCUT2D eigenvalue weighted by Gasteiger charge is -2.24. The van der Waals surface area contributed by atoms with Crippen LogP contribution in [0.25, 0.3) is 0 Å². The Morgan fingerprint density at radius 1 is 1.11 bits per heavy atom. The summed E-state index contributed by atoms with van der Waals surface area (Å²) in [6, 6.07) is 0. The van der Waals surface area contributed by atoms with Crippen LogP contribution in [0.5, 0.6) is 0 Å². The third-order valence-electron chi connectivity index (χ3n) is 2.89. The van der Waals surface area contributed by atoms with Crippen LogP contribution in [0.3, 0.4) is 0 Å². The van der Waals surface area contributed by atoms with Crippen LogP contribution in [0.1, 0.15) is 40.5 Å². The van der Waals surface area contributed by atoms with Crippen molar-refractivity contribution in [2.24, 2.45) is 0 Å². The zero-order valence-electron chi connectivity index (χ0n) is 11.5. The summed E-state index contributed by atoms with van der Waals surface area (Å²) in [7, 11) is -3.15. The van der Waals surface area contributed by atoms with Gasteiger partial charge in [-0.15, -0.1) is 0 Å². The van der Waals surface area contributed by atoms with Crippen molar-refractivity contribution in [1.82, 2.24) is 0 Å². The monoisotopic (exact) mass is 278 g/mol. The number of ether oxygens (including phenoxy) is 2. The molecule has 1 aliphatic heterocycles. The average molecular weight is 278 g/mol. The van der Waals surface area contributed by atoms with Gasteiger partial charge in [0.15, 0.2) is 0 Å². The van der Waals surface area contributed by atoms with Crippen molar-refractivity contribution in [3.8, 4) is 0 Å². The van der Waals surface area contributed by atoms with Crippen molar-refractivity contribution in [3.05, 3.63) is 0 Å². The van der Waals surface area contributed by atoms with Gasteiger partial charge in [-0.1, -0.05) is 0 Å². The molecule has 0 bridgehead atoms. The zero-order valence-corrected chi connectivity index (χ0v) is 12.4. The van der Waals surface area contributed by atoms with Gasteiger partial charge in [-0.25, -0.2) is 0 Å². The van der Waals surface area contributed by atoms with Crippen LogP contribution in [-0.2, 0) is 23.1 Å². The molecule has 5 nitrogen and oxygen atoms in total. The standard InChI is InChI=1S/C12H23O5P/c1-8(2)16-18(13,17-9(3)4)7-14-10-5-11-12(6-10)15-11/h8-12H,5-7H2,1-4H3/t10-,11-,12+. The molecule has 0 aromatic rings. The number of rotatable bonds is 7. The Bertz CT molecular complexity index is 306. The highest BCUT2D eigenvalue weighted by molar-refractivity contribution is 7.53. The largest absolute Gasteiger partial charge is 0.369 e. The Balaban J connectivity index is 1.82. The lowest BCUT2D eigenvalue weighted by Crippen LogP contribution is -2.17. The van der Waals surface area contributed by atoms with Crippen LogP contribution >= 0.6 is 7.60 Å². The Morgan fingerprint density at radius 3 is 2.06 bits per heavy atom. The molecule has 1 heterocycles. The fraction of sp³-hybridized carbons (Fsp3) is 1.00. The highest BCUT2D eigenvalue weighted by Gasteiger charge is 2.49. The quantitative estimate of drug-likeness (QED) is 0.529. The molecule has 0 amide bonds. The maximum atomic E-state index is 12.5.